The van der Waals surface area contributed by atoms with Gasteiger partial charge in [-0.25, -0.2) is 4.98 Å². The highest BCUT2D eigenvalue weighted by Crippen LogP contribution is 2.22. The molecular weight excluding hydrogens is 388 g/mol. The van der Waals surface area contributed by atoms with Crippen LogP contribution >= 0.6 is 0 Å². The average Bonchev–Trinajstić information content (AvgIpc) is 3.13. The molecule has 4 rings (SSSR count). The molecule has 0 unspecified atom stereocenters. The number of aromatic nitrogens is 3. The first-order chi connectivity index (χ1) is 15.0. The molecule has 2 heterocycles. The van der Waals surface area contributed by atoms with E-state index < -0.39 is 0 Å². The first-order valence-electron chi connectivity index (χ1n) is 10.3. The number of carbonyl (C=O) groups excluding carboxylic acids is 1. The van der Waals surface area contributed by atoms with Crippen LogP contribution in [0.25, 0.3) is 11.0 Å². The lowest BCUT2D eigenvalue weighted by Crippen LogP contribution is -2.28. The van der Waals surface area contributed by atoms with Gasteiger partial charge in [0.25, 0.3) is 5.91 Å². The van der Waals surface area contributed by atoms with Gasteiger partial charge in [-0.1, -0.05) is 24.3 Å². The Morgan fingerprint density at radius 3 is 2.71 bits per heavy atom. The fourth-order valence-electron chi connectivity index (χ4n) is 3.62. The summed E-state index contributed by atoms with van der Waals surface area (Å²) in [5.74, 6) is 1.64. The van der Waals surface area contributed by atoms with Crippen LogP contribution < -0.4 is 4.74 Å². The van der Waals surface area contributed by atoms with Gasteiger partial charge in [-0.3, -0.25) is 9.78 Å². The minimum Gasteiger partial charge on any atom is -0.491 e. The van der Waals surface area contributed by atoms with Crippen molar-refractivity contribution in [3.05, 3.63) is 89.5 Å². The largest absolute Gasteiger partial charge is 0.491 e. The van der Waals surface area contributed by atoms with Gasteiger partial charge in [-0.05, 0) is 55.3 Å². The van der Waals surface area contributed by atoms with E-state index in [-0.39, 0.29) is 5.91 Å². The van der Waals surface area contributed by atoms with Crippen LogP contribution in [0, 0.1) is 13.8 Å². The molecule has 0 bridgehead atoms. The second-order valence-electron chi connectivity index (χ2n) is 7.62. The van der Waals surface area contributed by atoms with Gasteiger partial charge in [0.15, 0.2) is 0 Å². The van der Waals surface area contributed by atoms with Crippen LogP contribution in [0.2, 0.25) is 0 Å². The van der Waals surface area contributed by atoms with E-state index in [1.54, 1.807) is 36.5 Å². The van der Waals surface area contributed by atoms with Crippen molar-refractivity contribution in [1.82, 2.24) is 19.4 Å². The van der Waals surface area contributed by atoms with E-state index in [0.29, 0.717) is 25.3 Å². The Balaban J connectivity index is 1.54. The van der Waals surface area contributed by atoms with Gasteiger partial charge >= 0.3 is 0 Å². The molecule has 0 atom stereocenters. The molecular formula is C25H26N4O2. The number of imidazole rings is 1. The molecule has 31 heavy (non-hydrogen) atoms. The van der Waals surface area contributed by atoms with E-state index in [1.165, 1.54) is 5.56 Å². The highest BCUT2D eigenvalue weighted by atomic mass is 16.5. The van der Waals surface area contributed by atoms with Crippen LogP contribution in [0.4, 0.5) is 0 Å². The maximum Gasteiger partial charge on any atom is 0.255 e. The van der Waals surface area contributed by atoms with Gasteiger partial charge < -0.3 is 14.2 Å². The average molecular weight is 415 g/mol. The number of amides is 1. The lowest BCUT2D eigenvalue weighted by molar-refractivity contribution is 0.0779. The van der Waals surface area contributed by atoms with E-state index in [9.17, 15) is 4.79 Å². The van der Waals surface area contributed by atoms with Crippen molar-refractivity contribution < 1.29 is 9.53 Å². The molecule has 0 radical (unpaired) electrons. The molecule has 0 aliphatic rings. The summed E-state index contributed by atoms with van der Waals surface area (Å²) in [6.45, 7) is 5.70. The molecule has 0 saturated heterocycles. The quantitative estimate of drug-likeness (QED) is 0.450. The van der Waals surface area contributed by atoms with Crippen molar-refractivity contribution in [2.24, 2.45) is 0 Å². The molecule has 0 spiro atoms. The molecule has 0 aliphatic carbocycles. The zero-order valence-corrected chi connectivity index (χ0v) is 18.1. The molecule has 158 valence electrons. The van der Waals surface area contributed by atoms with Gasteiger partial charge in [-0.15, -0.1) is 0 Å². The van der Waals surface area contributed by atoms with E-state index in [4.69, 9.17) is 9.72 Å². The Kier molecular flexibility index (Phi) is 5.98. The third kappa shape index (κ3) is 4.43. The molecule has 0 N–H and O–H groups in total. The second-order valence-corrected chi connectivity index (χ2v) is 7.62. The molecule has 0 aliphatic heterocycles. The van der Waals surface area contributed by atoms with Crippen molar-refractivity contribution in [2.45, 2.75) is 26.9 Å². The standard InChI is InChI=1S/C25H26N4O2/c1-18-8-6-12-23(19(18)2)31-15-14-29-22-11-5-4-10-21(22)27-24(29)17-28(3)25(30)20-9-7-13-26-16-20/h4-13,16H,14-15,17H2,1-3H3. The van der Waals surface area contributed by atoms with Crippen molar-refractivity contribution in [2.75, 3.05) is 13.7 Å². The Morgan fingerprint density at radius 2 is 1.90 bits per heavy atom. The monoisotopic (exact) mass is 414 g/mol. The minimum absolute atomic E-state index is 0.0849. The number of para-hydroxylation sites is 2. The number of hydrogen-bond acceptors (Lipinski definition) is 4. The molecule has 2 aromatic heterocycles. The zero-order chi connectivity index (χ0) is 21.8. The summed E-state index contributed by atoms with van der Waals surface area (Å²) >= 11 is 0. The topological polar surface area (TPSA) is 60.2 Å². The highest BCUT2D eigenvalue weighted by Gasteiger charge is 2.17. The third-order valence-electron chi connectivity index (χ3n) is 5.49. The van der Waals surface area contributed by atoms with Gasteiger partial charge in [-0.2, -0.15) is 0 Å². The van der Waals surface area contributed by atoms with Gasteiger partial charge in [0.1, 0.15) is 18.2 Å². The Bertz CT molecular complexity index is 1200. The number of hydrogen-bond donors (Lipinski definition) is 0. The van der Waals surface area contributed by atoms with Crippen molar-refractivity contribution >= 4 is 16.9 Å². The van der Waals surface area contributed by atoms with E-state index in [1.807, 2.05) is 36.4 Å². The fraction of sp³-hybridized carbons (Fsp3) is 0.240. The normalized spacial score (nSPS) is 10.9. The van der Waals surface area contributed by atoms with Crippen LogP contribution in [0.3, 0.4) is 0 Å². The Labute approximate surface area is 182 Å². The number of pyridine rings is 1. The summed E-state index contributed by atoms with van der Waals surface area (Å²) in [6, 6.07) is 17.6. The number of benzene rings is 2. The van der Waals surface area contributed by atoms with Crippen LogP contribution in [-0.2, 0) is 13.1 Å². The van der Waals surface area contributed by atoms with Gasteiger partial charge in [0.05, 0.1) is 29.7 Å². The molecule has 6 heteroatoms. The number of nitrogens with zero attached hydrogens (tertiary/aromatic N) is 4. The minimum atomic E-state index is -0.0849. The summed E-state index contributed by atoms with van der Waals surface area (Å²) in [5, 5.41) is 0. The second kappa shape index (κ2) is 9.00. The number of ether oxygens (including phenoxy) is 1. The smallest absolute Gasteiger partial charge is 0.255 e. The van der Waals surface area contributed by atoms with Crippen LogP contribution in [0.1, 0.15) is 27.3 Å². The number of fused-ring (bicyclic) bond motifs is 1. The van der Waals surface area contributed by atoms with Crippen molar-refractivity contribution in [3.63, 3.8) is 0 Å². The Morgan fingerprint density at radius 1 is 1.06 bits per heavy atom. The summed E-state index contributed by atoms with van der Waals surface area (Å²) in [4.78, 5) is 23.3. The predicted octanol–water partition coefficient (Wildman–Crippen LogP) is 4.40. The molecule has 4 aromatic rings. The lowest BCUT2D eigenvalue weighted by atomic mass is 10.1. The molecule has 0 fully saturated rings. The molecule has 1 amide bonds. The van der Waals surface area contributed by atoms with Crippen molar-refractivity contribution in [3.8, 4) is 5.75 Å². The summed E-state index contributed by atoms with van der Waals surface area (Å²) < 4.78 is 8.21. The van der Waals surface area contributed by atoms with E-state index in [0.717, 1.165) is 28.2 Å². The number of aryl methyl sites for hydroxylation is 1. The fourth-order valence-corrected chi connectivity index (χ4v) is 3.62. The molecule has 6 nitrogen and oxygen atoms in total. The van der Waals surface area contributed by atoms with Crippen LogP contribution in [0.15, 0.2) is 67.0 Å². The zero-order valence-electron chi connectivity index (χ0n) is 18.1. The first kappa shape index (κ1) is 20.6. The lowest BCUT2D eigenvalue weighted by Gasteiger charge is -2.18. The van der Waals surface area contributed by atoms with Crippen LogP contribution in [-0.4, -0.2) is 39.0 Å². The summed E-state index contributed by atoms with van der Waals surface area (Å²) in [7, 11) is 1.78. The third-order valence-corrected chi connectivity index (χ3v) is 5.49. The van der Waals surface area contributed by atoms with Gasteiger partial charge in [0, 0.05) is 19.4 Å². The van der Waals surface area contributed by atoms with Crippen LogP contribution in [0.5, 0.6) is 5.75 Å². The summed E-state index contributed by atoms with van der Waals surface area (Å²) in [6.07, 6.45) is 3.24. The summed E-state index contributed by atoms with van der Waals surface area (Å²) in [5.41, 5.74) is 4.86. The molecule has 0 saturated carbocycles. The number of rotatable bonds is 7. The van der Waals surface area contributed by atoms with Gasteiger partial charge in [0.2, 0.25) is 0 Å². The highest BCUT2D eigenvalue weighted by molar-refractivity contribution is 5.93. The Hall–Kier alpha value is -3.67. The van der Waals surface area contributed by atoms with Crippen molar-refractivity contribution in [1.29, 1.82) is 0 Å². The predicted molar refractivity (Wildman–Crippen MR) is 121 cm³/mol. The maximum absolute atomic E-state index is 12.8. The maximum atomic E-state index is 12.8. The molecule has 2 aromatic carbocycles. The van der Waals surface area contributed by atoms with E-state index in [2.05, 4.69) is 29.5 Å². The van der Waals surface area contributed by atoms with E-state index >= 15 is 0 Å². The number of carbonyl (C=O) groups is 1. The SMILES string of the molecule is Cc1cccc(OCCn2c(CN(C)C(=O)c3cccnc3)nc3ccccc32)c1C. The first-order valence-corrected chi connectivity index (χ1v) is 10.3.